The maximum Gasteiger partial charge on any atom is 0.416 e. The summed E-state index contributed by atoms with van der Waals surface area (Å²) in [7, 11) is 0. The number of carbonyl (C=O) groups is 2. The molecule has 1 aliphatic heterocycles. The third kappa shape index (κ3) is 6.84. The molecule has 190 valence electrons. The van der Waals surface area contributed by atoms with Crippen molar-refractivity contribution in [3.8, 4) is 0 Å². The summed E-state index contributed by atoms with van der Waals surface area (Å²) in [6.07, 6.45) is -7.20. The van der Waals surface area contributed by atoms with Crippen molar-refractivity contribution in [3.05, 3.63) is 29.3 Å². The second-order valence-corrected chi connectivity index (χ2v) is 9.02. The largest absolute Gasteiger partial charge is 0.416 e. The van der Waals surface area contributed by atoms with Crippen LogP contribution >= 0.6 is 0 Å². The zero-order valence-electron chi connectivity index (χ0n) is 18.3. The van der Waals surface area contributed by atoms with E-state index in [9.17, 15) is 41.0 Å². The first-order chi connectivity index (χ1) is 15.8. The number of piperidine rings is 1. The lowest BCUT2D eigenvalue weighted by atomic mass is 9.83. The van der Waals surface area contributed by atoms with Crippen LogP contribution in [0.5, 0.6) is 0 Å². The Morgan fingerprint density at radius 1 is 0.941 bits per heavy atom. The number of halogens is 6. The molecule has 0 unspecified atom stereocenters. The zero-order valence-corrected chi connectivity index (χ0v) is 18.3. The smallest absolute Gasteiger partial charge is 0.380 e. The van der Waals surface area contributed by atoms with Crippen molar-refractivity contribution in [3.63, 3.8) is 0 Å². The Hall–Kier alpha value is -2.34. The maximum atomic E-state index is 13.0. The van der Waals surface area contributed by atoms with Gasteiger partial charge in [0.15, 0.2) is 0 Å². The summed E-state index contributed by atoms with van der Waals surface area (Å²) in [5.41, 5.74) is -4.96. The highest BCUT2D eigenvalue weighted by atomic mass is 19.4. The number of alkyl halides is 6. The van der Waals surface area contributed by atoms with E-state index in [1.807, 2.05) is 0 Å². The number of carbonyl (C=O) groups excluding carboxylic acids is 2. The van der Waals surface area contributed by atoms with Gasteiger partial charge in [0, 0.05) is 18.2 Å². The highest BCUT2D eigenvalue weighted by molar-refractivity contribution is 5.91. The van der Waals surface area contributed by atoms with Crippen LogP contribution < -0.4 is 16.0 Å². The fourth-order valence-electron chi connectivity index (χ4n) is 4.40. The summed E-state index contributed by atoms with van der Waals surface area (Å²) in [4.78, 5) is 24.8. The zero-order chi connectivity index (χ0) is 25.1. The Labute approximate surface area is 192 Å². The third-order valence-corrected chi connectivity index (χ3v) is 6.38. The van der Waals surface area contributed by atoms with Gasteiger partial charge >= 0.3 is 12.4 Å². The van der Waals surface area contributed by atoms with Gasteiger partial charge in [-0.05, 0) is 75.7 Å². The van der Waals surface area contributed by atoms with Gasteiger partial charge in [0.2, 0.25) is 5.91 Å². The lowest BCUT2D eigenvalue weighted by Crippen LogP contribution is -2.55. The molecule has 2 fully saturated rings. The number of aliphatic hydroxyl groups is 1. The molecule has 1 aromatic carbocycles. The Morgan fingerprint density at radius 3 is 1.97 bits per heavy atom. The first-order valence-corrected chi connectivity index (χ1v) is 11.1. The molecule has 0 aromatic heterocycles. The second-order valence-electron chi connectivity index (χ2n) is 9.02. The Morgan fingerprint density at radius 2 is 1.47 bits per heavy atom. The molecule has 0 radical (unpaired) electrons. The standard InChI is InChI=1S/C22H27F6N3O3/c23-21(24,25)14-10-15(22(26,27)28)12-17(11-14)30-18(32)9-13-1-3-16(4-2-13)31-19(33)20(34)5-7-29-8-6-20/h10-13,16,29,34H,1-9H2,(H,30,32)(H,31,33)/t13-,16+. The van der Waals surface area contributed by atoms with Crippen LogP contribution in [0.25, 0.3) is 0 Å². The molecule has 1 aromatic rings. The van der Waals surface area contributed by atoms with Crippen LogP contribution in [0.15, 0.2) is 18.2 Å². The molecule has 12 heteroatoms. The summed E-state index contributed by atoms with van der Waals surface area (Å²) in [6, 6.07) is 0.797. The van der Waals surface area contributed by atoms with Gasteiger partial charge < -0.3 is 21.1 Å². The minimum atomic E-state index is -5.00. The molecule has 3 rings (SSSR count). The average molecular weight is 495 g/mol. The molecule has 0 atom stereocenters. The first kappa shape index (κ1) is 26.3. The van der Waals surface area contributed by atoms with E-state index < -0.39 is 46.6 Å². The molecule has 1 aliphatic carbocycles. The van der Waals surface area contributed by atoms with Gasteiger partial charge in [0.25, 0.3) is 5.91 Å². The predicted molar refractivity (Wildman–Crippen MR) is 111 cm³/mol. The number of hydrogen-bond acceptors (Lipinski definition) is 4. The summed E-state index contributed by atoms with van der Waals surface area (Å²) in [5, 5.41) is 18.6. The summed E-state index contributed by atoms with van der Waals surface area (Å²) < 4.78 is 77.9. The van der Waals surface area contributed by atoms with Crippen molar-refractivity contribution in [2.75, 3.05) is 18.4 Å². The summed E-state index contributed by atoms with van der Waals surface area (Å²) in [6.45, 7) is 1.09. The van der Waals surface area contributed by atoms with Crippen molar-refractivity contribution in [2.24, 2.45) is 5.92 Å². The lowest BCUT2D eigenvalue weighted by Gasteiger charge is -2.35. The van der Waals surface area contributed by atoms with E-state index in [0.29, 0.717) is 63.7 Å². The van der Waals surface area contributed by atoms with Crippen LogP contribution in [-0.4, -0.2) is 41.7 Å². The Kier molecular flexibility index (Phi) is 7.81. The number of anilines is 1. The predicted octanol–water partition coefficient (Wildman–Crippen LogP) is 3.84. The van der Waals surface area contributed by atoms with E-state index in [1.54, 1.807) is 0 Å². The van der Waals surface area contributed by atoms with Gasteiger partial charge in [-0.25, -0.2) is 0 Å². The van der Waals surface area contributed by atoms with Crippen molar-refractivity contribution >= 4 is 17.5 Å². The van der Waals surface area contributed by atoms with E-state index >= 15 is 0 Å². The van der Waals surface area contributed by atoms with E-state index in [2.05, 4.69) is 16.0 Å². The maximum absolute atomic E-state index is 13.0. The first-order valence-electron chi connectivity index (χ1n) is 11.1. The van der Waals surface area contributed by atoms with Crippen molar-refractivity contribution in [2.45, 2.75) is 68.9 Å². The van der Waals surface area contributed by atoms with Gasteiger partial charge in [-0.3, -0.25) is 9.59 Å². The molecule has 2 aliphatic rings. The molecular weight excluding hydrogens is 468 g/mol. The SMILES string of the molecule is O=C(C[C@H]1CC[C@@H](NC(=O)C2(O)CCNCC2)CC1)Nc1cc(C(F)(F)F)cc(C(F)(F)F)c1. The Balaban J connectivity index is 1.53. The molecule has 4 N–H and O–H groups in total. The molecule has 6 nitrogen and oxygen atoms in total. The molecule has 0 bridgehead atoms. The quantitative estimate of drug-likeness (QED) is 0.468. The number of hydrogen-bond donors (Lipinski definition) is 4. The molecular formula is C22H27F6N3O3. The summed E-state index contributed by atoms with van der Waals surface area (Å²) >= 11 is 0. The molecule has 0 spiro atoms. The van der Waals surface area contributed by atoms with Crippen LogP contribution in [0.4, 0.5) is 32.0 Å². The molecule has 2 amide bonds. The molecule has 34 heavy (non-hydrogen) atoms. The minimum Gasteiger partial charge on any atom is -0.380 e. The van der Waals surface area contributed by atoms with Crippen molar-refractivity contribution in [1.29, 1.82) is 0 Å². The lowest BCUT2D eigenvalue weighted by molar-refractivity contribution is -0.144. The fourth-order valence-corrected chi connectivity index (χ4v) is 4.40. The molecule has 1 saturated carbocycles. The van der Waals surface area contributed by atoms with Crippen LogP contribution in [0, 0.1) is 5.92 Å². The van der Waals surface area contributed by atoms with Crippen LogP contribution in [0.3, 0.4) is 0 Å². The fraction of sp³-hybridized carbons (Fsp3) is 0.636. The monoisotopic (exact) mass is 495 g/mol. The van der Waals surface area contributed by atoms with Crippen LogP contribution in [-0.2, 0) is 21.9 Å². The average Bonchev–Trinajstić information content (AvgIpc) is 2.74. The number of benzene rings is 1. The highest BCUT2D eigenvalue weighted by Gasteiger charge is 2.39. The van der Waals surface area contributed by atoms with Gasteiger partial charge in [-0.15, -0.1) is 0 Å². The van der Waals surface area contributed by atoms with E-state index in [1.165, 1.54) is 0 Å². The van der Waals surface area contributed by atoms with Crippen LogP contribution in [0.1, 0.15) is 56.1 Å². The topological polar surface area (TPSA) is 90.5 Å². The van der Waals surface area contributed by atoms with Gasteiger partial charge in [0.05, 0.1) is 11.1 Å². The Bertz CT molecular complexity index is 857. The molecule has 1 heterocycles. The second kappa shape index (κ2) is 10.1. The van der Waals surface area contributed by atoms with Crippen LogP contribution in [0.2, 0.25) is 0 Å². The van der Waals surface area contributed by atoms with E-state index in [4.69, 9.17) is 0 Å². The van der Waals surface area contributed by atoms with Gasteiger partial charge in [0.1, 0.15) is 5.60 Å². The molecule has 1 saturated heterocycles. The highest BCUT2D eigenvalue weighted by Crippen LogP contribution is 2.38. The van der Waals surface area contributed by atoms with Gasteiger partial charge in [-0.1, -0.05) is 0 Å². The number of rotatable bonds is 5. The number of nitrogens with one attached hydrogen (secondary N) is 3. The van der Waals surface area contributed by atoms with Crippen molar-refractivity contribution in [1.82, 2.24) is 10.6 Å². The third-order valence-electron chi connectivity index (χ3n) is 6.38. The number of amides is 2. The van der Waals surface area contributed by atoms with Gasteiger partial charge in [-0.2, -0.15) is 26.3 Å². The summed E-state index contributed by atoms with van der Waals surface area (Å²) in [5.74, 6) is -1.22. The van der Waals surface area contributed by atoms with E-state index in [0.717, 1.165) is 0 Å². The van der Waals surface area contributed by atoms with Crippen molar-refractivity contribution < 1.29 is 41.0 Å². The minimum absolute atomic E-state index is 0.00552. The van der Waals surface area contributed by atoms with E-state index in [-0.39, 0.29) is 24.4 Å². The normalized spacial score (nSPS) is 23.3.